The van der Waals surface area contributed by atoms with Gasteiger partial charge in [-0.3, -0.25) is 9.78 Å². The van der Waals surface area contributed by atoms with Gasteiger partial charge in [-0.15, -0.1) is 40.5 Å². The summed E-state index contributed by atoms with van der Waals surface area (Å²) in [5, 5.41) is 14.9. The summed E-state index contributed by atoms with van der Waals surface area (Å²) >= 11 is 3.59. The molecule has 0 aliphatic carbocycles. The van der Waals surface area contributed by atoms with Gasteiger partial charge in [0, 0.05) is 57.7 Å². The quantitative estimate of drug-likeness (QED) is 0.0584. The van der Waals surface area contributed by atoms with Gasteiger partial charge in [0.2, 0.25) is 0 Å². The molecule has 0 aliphatic rings. The summed E-state index contributed by atoms with van der Waals surface area (Å²) in [6, 6.07) is 21.3. The van der Waals surface area contributed by atoms with Crippen molar-refractivity contribution in [3.8, 4) is 11.3 Å². The summed E-state index contributed by atoms with van der Waals surface area (Å²) in [6.07, 6.45) is 9.91. The monoisotopic (exact) mass is 928 g/mol. The van der Waals surface area contributed by atoms with Crippen LogP contribution in [0.1, 0.15) is 121 Å². The average molecular weight is 928 g/mol. The second kappa shape index (κ2) is 18.7. The Balaban J connectivity index is 0.000000359. The molecule has 0 amide bonds. The molecule has 287 valence electrons. The number of fused-ring (bicyclic) bond motifs is 4. The first-order chi connectivity index (χ1) is 24.5. The van der Waals surface area contributed by atoms with Gasteiger partial charge >= 0.3 is 0 Å². The van der Waals surface area contributed by atoms with Gasteiger partial charge < -0.3 is 5.11 Å². The molecule has 0 bridgehead atoms. The molecule has 0 fully saturated rings. The predicted octanol–water partition coefficient (Wildman–Crippen LogP) is 14.5. The molecule has 5 rings (SSSR count). The largest absolute Gasteiger partial charge is 0.512 e. The SMILES string of the molecule is C/C(=C\CC(C)C)Sc1ccc2c(c1)sc1ncnc(-c3[c-]c4ccccc4c(C(C)(C)C)c3)c12.CCC(C)(CC)C(=O)/C=C(\O)C(C)(CC)CC.[Ir]. The topological polar surface area (TPSA) is 63.1 Å². The fourth-order valence-corrected chi connectivity index (χ4v) is 8.17. The number of hydrogen-bond donors (Lipinski definition) is 1. The minimum absolute atomic E-state index is 0. The van der Waals surface area contributed by atoms with Gasteiger partial charge in [-0.05, 0) is 72.8 Å². The molecular formula is C46H59IrN2O2S2-. The van der Waals surface area contributed by atoms with Crippen LogP contribution < -0.4 is 0 Å². The Kier molecular flexibility index (Phi) is 15.7. The van der Waals surface area contributed by atoms with Gasteiger partial charge in [0.05, 0.1) is 0 Å². The van der Waals surface area contributed by atoms with E-state index in [1.165, 1.54) is 36.9 Å². The standard InChI is InChI=1S/C31H31N2S2.C15H28O2.Ir/c1-19(2)11-12-20(3)34-23-13-14-25-27(17-23)35-30-28(25)29(32-18-33-30)22-15-21-9-7-8-10-24(21)26(16-22)31(4,5)6;1-7-14(5,8-2)12(16)11-13(17)15(6,9-3)10-4;/h7-10,12-14,16-19H,11H2,1-6H3;11,16H,7-10H2,1-6H3;/q-1;;/b20-12+;12-11-;. The summed E-state index contributed by atoms with van der Waals surface area (Å²) in [4.78, 5) is 25.3. The molecule has 2 heterocycles. The summed E-state index contributed by atoms with van der Waals surface area (Å²) in [6.45, 7) is 25.6. The zero-order valence-electron chi connectivity index (χ0n) is 33.9. The van der Waals surface area contributed by atoms with Crippen LogP contribution in [0.4, 0.5) is 0 Å². The molecule has 0 unspecified atom stereocenters. The maximum Gasteiger partial charge on any atom is 0.164 e. The van der Waals surface area contributed by atoms with Crippen LogP contribution in [0.15, 0.2) is 82.6 Å². The van der Waals surface area contributed by atoms with E-state index in [0.717, 1.165) is 59.0 Å². The van der Waals surface area contributed by atoms with E-state index < -0.39 is 0 Å². The Morgan fingerprint density at radius 1 is 0.906 bits per heavy atom. The number of rotatable bonds is 12. The Morgan fingerprint density at radius 2 is 1.55 bits per heavy atom. The number of ketones is 1. The van der Waals surface area contributed by atoms with Crippen molar-refractivity contribution >= 4 is 60.0 Å². The summed E-state index contributed by atoms with van der Waals surface area (Å²) in [7, 11) is 0. The van der Waals surface area contributed by atoms with E-state index >= 15 is 0 Å². The molecule has 4 nitrogen and oxygen atoms in total. The molecular weight excluding hydrogens is 869 g/mol. The van der Waals surface area contributed by atoms with E-state index in [2.05, 4.69) is 107 Å². The number of carbonyl (C=O) groups is 1. The van der Waals surface area contributed by atoms with Crippen molar-refractivity contribution in [3.63, 3.8) is 0 Å². The first kappa shape index (κ1) is 44.6. The maximum absolute atomic E-state index is 12.2. The third-order valence-corrected chi connectivity index (χ3v) is 12.9. The molecule has 0 atom stereocenters. The van der Waals surface area contributed by atoms with Gasteiger partial charge in [-0.2, -0.15) is 0 Å². The number of allylic oxidation sites excluding steroid dienone is 4. The van der Waals surface area contributed by atoms with E-state index in [1.807, 2.05) is 53.3 Å². The van der Waals surface area contributed by atoms with E-state index in [1.54, 1.807) is 17.7 Å². The van der Waals surface area contributed by atoms with Crippen molar-refractivity contribution in [1.82, 2.24) is 9.97 Å². The molecule has 2 aromatic heterocycles. The Bertz CT molecular complexity index is 2080. The Morgan fingerprint density at radius 3 is 2.15 bits per heavy atom. The number of carbonyl (C=O) groups excluding carboxylic acids is 1. The minimum atomic E-state index is -0.337. The second-order valence-electron chi connectivity index (χ2n) is 16.0. The van der Waals surface area contributed by atoms with Crippen LogP contribution >= 0.6 is 23.1 Å². The number of aliphatic hydroxyl groups excluding tert-OH is 1. The number of nitrogens with zero attached hydrogens (tertiary/aromatic N) is 2. The van der Waals surface area contributed by atoms with Gasteiger partial charge in [-0.25, -0.2) is 4.98 Å². The third-order valence-electron chi connectivity index (χ3n) is 10.8. The summed E-state index contributed by atoms with van der Waals surface area (Å²) in [5.41, 5.74) is 2.72. The van der Waals surface area contributed by atoms with Gasteiger partial charge in [-0.1, -0.05) is 129 Å². The van der Waals surface area contributed by atoms with E-state index in [4.69, 9.17) is 4.98 Å². The van der Waals surface area contributed by atoms with Gasteiger partial charge in [0.15, 0.2) is 5.78 Å². The van der Waals surface area contributed by atoms with Crippen molar-refractivity contribution in [3.05, 3.63) is 89.3 Å². The maximum atomic E-state index is 12.2. The van der Waals surface area contributed by atoms with Crippen molar-refractivity contribution in [2.24, 2.45) is 16.7 Å². The van der Waals surface area contributed by atoms with Crippen molar-refractivity contribution < 1.29 is 30.0 Å². The van der Waals surface area contributed by atoms with Crippen LogP contribution in [0.25, 0.3) is 42.3 Å². The second-order valence-corrected chi connectivity index (χ2v) is 18.4. The average Bonchev–Trinajstić information content (AvgIpc) is 3.50. The first-order valence-corrected chi connectivity index (χ1v) is 20.6. The molecule has 0 saturated heterocycles. The number of aromatic nitrogens is 2. The van der Waals surface area contributed by atoms with Crippen LogP contribution in [0.5, 0.6) is 0 Å². The van der Waals surface area contributed by atoms with E-state index in [0.29, 0.717) is 5.92 Å². The van der Waals surface area contributed by atoms with Crippen molar-refractivity contribution in [1.29, 1.82) is 0 Å². The molecule has 1 radical (unpaired) electrons. The van der Waals surface area contributed by atoms with Crippen LogP contribution in [-0.2, 0) is 30.3 Å². The van der Waals surface area contributed by atoms with Crippen LogP contribution in [0.3, 0.4) is 0 Å². The number of thiophene rings is 1. The fourth-order valence-electron chi connectivity index (χ4n) is 6.15. The van der Waals surface area contributed by atoms with E-state index in [9.17, 15) is 9.90 Å². The number of aliphatic hydroxyl groups is 1. The minimum Gasteiger partial charge on any atom is -0.512 e. The molecule has 0 saturated carbocycles. The number of hydrogen-bond acceptors (Lipinski definition) is 6. The molecule has 53 heavy (non-hydrogen) atoms. The normalized spacial score (nSPS) is 13.0. The van der Waals surface area contributed by atoms with Crippen LogP contribution in [-0.4, -0.2) is 20.9 Å². The Labute approximate surface area is 340 Å². The number of benzene rings is 3. The van der Waals surface area contributed by atoms with Crippen molar-refractivity contribution in [2.75, 3.05) is 0 Å². The predicted molar refractivity (Wildman–Crippen MR) is 228 cm³/mol. The molecule has 1 N–H and O–H groups in total. The molecule has 7 heteroatoms. The fraction of sp³-hybridized carbons (Fsp3) is 0.457. The Hall–Kier alpha value is -2.83. The summed E-state index contributed by atoms with van der Waals surface area (Å²) in [5.74, 6) is 0.965. The zero-order valence-corrected chi connectivity index (χ0v) is 37.9. The van der Waals surface area contributed by atoms with Crippen LogP contribution in [0.2, 0.25) is 0 Å². The van der Waals surface area contributed by atoms with Gasteiger partial charge in [0.25, 0.3) is 0 Å². The molecule has 0 spiro atoms. The molecule has 5 aromatic rings. The summed E-state index contributed by atoms with van der Waals surface area (Å²) < 4.78 is 1.25. The molecule has 0 aliphatic heterocycles. The zero-order chi connectivity index (χ0) is 38.4. The van der Waals surface area contributed by atoms with Gasteiger partial charge in [0.1, 0.15) is 16.9 Å². The third kappa shape index (κ3) is 10.5. The van der Waals surface area contributed by atoms with Crippen LogP contribution in [0, 0.1) is 22.8 Å². The molecule has 3 aromatic carbocycles. The first-order valence-electron chi connectivity index (χ1n) is 18.9. The van der Waals surface area contributed by atoms with E-state index in [-0.39, 0.29) is 47.9 Å². The number of thioether (sulfide) groups is 1. The smallest absolute Gasteiger partial charge is 0.164 e. The van der Waals surface area contributed by atoms with Crippen molar-refractivity contribution in [2.45, 2.75) is 125 Å².